The van der Waals surface area contributed by atoms with E-state index in [-0.39, 0.29) is 5.91 Å². The number of carbonyl (C=O) groups is 1. The van der Waals surface area contributed by atoms with Crippen molar-refractivity contribution >= 4 is 21.8 Å². The van der Waals surface area contributed by atoms with Crippen LogP contribution >= 0.6 is 15.9 Å². The lowest BCUT2D eigenvalue weighted by molar-refractivity contribution is 0.0518. The maximum absolute atomic E-state index is 12.7. The molecular formula is C16H17BrN4O. The third-order valence-electron chi connectivity index (χ3n) is 4.77. The van der Waals surface area contributed by atoms with Gasteiger partial charge in [-0.15, -0.1) is 0 Å². The third kappa shape index (κ3) is 2.35. The summed E-state index contributed by atoms with van der Waals surface area (Å²) in [7, 11) is 0. The SMILES string of the molecule is O=C(c1ccccn1)N1C2CCC1CC(n1cc(Br)cn1)C2. The van der Waals surface area contributed by atoms with E-state index in [2.05, 4.69) is 30.9 Å². The minimum absolute atomic E-state index is 0.0770. The molecule has 2 bridgehead atoms. The Hall–Kier alpha value is -1.69. The maximum atomic E-state index is 12.7. The van der Waals surface area contributed by atoms with E-state index in [0.29, 0.717) is 23.8 Å². The van der Waals surface area contributed by atoms with E-state index in [0.717, 1.165) is 30.2 Å². The Morgan fingerprint density at radius 3 is 2.55 bits per heavy atom. The Balaban J connectivity index is 1.55. The van der Waals surface area contributed by atoms with Crippen molar-refractivity contribution in [1.82, 2.24) is 19.7 Å². The number of fused-ring (bicyclic) bond motifs is 2. The minimum atomic E-state index is 0.0770. The molecule has 114 valence electrons. The number of hydrogen-bond acceptors (Lipinski definition) is 3. The van der Waals surface area contributed by atoms with E-state index in [1.165, 1.54) is 0 Å². The van der Waals surface area contributed by atoms with Crippen molar-refractivity contribution in [3.8, 4) is 0 Å². The fourth-order valence-corrected chi connectivity index (χ4v) is 4.13. The number of aromatic nitrogens is 3. The molecule has 2 aliphatic heterocycles. The Morgan fingerprint density at radius 2 is 1.95 bits per heavy atom. The Bertz CT molecular complexity index is 672. The highest BCUT2D eigenvalue weighted by Gasteiger charge is 2.44. The summed E-state index contributed by atoms with van der Waals surface area (Å²) < 4.78 is 3.05. The largest absolute Gasteiger partial charge is 0.331 e. The summed E-state index contributed by atoms with van der Waals surface area (Å²) in [6, 6.07) is 6.51. The molecule has 2 atom stereocenters. The zero-order valence-corrected chi connectivity index (χ0v) is 13.7. The van der Waals surface area contributed by atoms with Crippen LogP contribution in [0.5, 0.6) is 0 Å². The molecule has 0 aromatic carbocycles. The van der Waals surface area contributed by atoms with Gasteiger partial charge in [-0.25, -0.2) is 0 Å². The van der Waals surface area contributed by atoms with E-state index in [4.69, 9.17) is 0 Å². The van der Waals surface area contributed by atoms with Gasteiger partial charge in [0.25, 0.3) is 5.91 Å². The number of rotatable bonds is 2. The van der Waals surface area contributed by atoms with Crippen molar-refractivity contribution < 1.29 is 4.79 Å². The first-order valence-electron chi connectivity index (χ1n) is 7.66. The smallest absolute Gasteiger partial charge is 0.272 e. The predicted molar refractivity (Wildman–Crippen MR) is 85.4 cm³/mol. The van der Waals surface area contributed by atoms with Gasteiger partial charge in [0, 0.05) is 24.5 Å². The van der Waals surface area contributed by atoms with Crippen LogP contribution in [-0.4, -0.2) is 37.7 Å². The monoisotopic (exact) mass is 360 g/mol. The minimum Gasteiger partial charge on any atom is -0.331 e. The van der Waals surface area contributed by atoms with Crippen molar-refractivity contribution in [1.29, 1.82) is 0 Å². The van der Waals surface area contributed by atoms with Crippen molar-refractivity contribution in [3.05, 3.63) is 47.0 Å². The molecule has 0 spiro atoms. The van der Waals surface area contributed by atoms with Crippen LogP contribution in [0.4, 0.5) is 0 Å². The van der Waals surface area contributed by atoms with Crippen LogP contribution in [0.1, 0.15) is 42.2 Å². The molecule has 22 heavy (non-hydrogen) atoms. The summed E-state index contributed by atoms with van der Waals surface area (Å²) in [5.74, 6) is 0.0770. The maximum Gasteiger partial charge on any atom is 0.272 e. The molecule has 2 aromatic heterocycles. The second-order valence-electron chi connectivity index (χ2n) is 6.08. The van der Waals surface area contributed by atoms with Crippen LogP contribution < -0.4 is 0 Å². The summed E-state index contributed by atoms with van der Waals surface area (Å²) >= 11 is 3.45. The molecule has 2 aromatic rings. The van der Waals surface area contributed by atoms with Gasteiger partial charge in [-0.1, -0.05) is 6.07 Å². The topological polar surface area (TPSA) is 51.0 Å². The normalized spacial score (nSPS) is 27.1. The van der Waals surface area contributed by atoms with E-state index in [1.54, 1.807) is 12.3 Å². The van der Waals surface area contributed by atoms with Crippen molar-refractivity contribution in [2.24, 2.45) is 0 Å². The fourth-order valence-electron chi connectivity index (χ4n) is 3.83. The number of nitrogens with zero attached hydrogens (tertiary/aromatic N) is 4. The van der Waals surface area contributed by atoms with Gasteiger partial charge in [-0.05, 0) is 53.7 Å². The molecule has 2 fully saturated rings. The molecule has 6 heteroatoms. The van der Waals surface area contributed by atoms with E-state index in [9.17, 15) is 4.79 Å². The second-order valence-corrected chi connectivity index (χ2v) is 6.99. The fraction of sp³-hybridized carbons (Fsp3) is 0.438. The molecule has 2 saturated heterocycles. The van der Waals surface area contributed by atoms with Crippen molar-refractivity contribution in [2.45, 2.75) is 43.8 Å². The molecule has 4 heterocycles. The van der Waals surface area contributed by atoms with Crippen LogP contribution in [0.15, 0.2) is 41.3 Å². The summed E-state index contributed by atoms with van der Waals surface area (Å²) in [5, 5.41) is 4.42. The summed E-state index contributed by atoms with van der Waals surface area (Å²) in [6.45, 7) is 0. The summed E-state index contributed by atoms with van der Waals surface area (Å²) in [6.07, 6.45) is 9.66. The van der Waals surface area contributed by atoms with Gasteiger partial charge in [0.15, 0.2) is 0 Å². The standard InChI is InChI=1S/C16H17BrN4O/c17-11-9-19-20(10-11)14-7-12-4-5-13(8-14)21(12)16(22)15-3-1-2-6-18-15/h1-3,6,9-10,12-14H,4-5,7-8H2. The summed E-state index contributed by atoms with van der Waals surface area (Å²) in [5.41, 5.74) is 0.555. The molecule has 1 amide bonds. The van der Waals surface area contributed by atoms with Gasteiger partial charge in [0.1, 0.15) is 5.69 Å². The van der Waals surface area contributed by atoms with Gasteiger partial charge in [-0.3, -0.25) is 14.5 Å². The number of carbonyl (C=O) groups excluding carboxylic acids is 1. The van der Waals surface area contributed by atoms with E-state index >= 15 is 0 Å². The van der Waals surface area contributed by atoms with Crippen LogP contribution in [-0.2, 0) is 0 Å². The number of amides is 1. The summed E-state index contributed by atoms with van der Waals surface area (Å²) in [4.78, 5) is 19.0. The molecule has 0 N–H and O–H groups in total. The van der Waals surface area contributed by atoms with Gasteiger partial charge >= 0.3 is 0 Å². The highest BCUT2D eigenvalue weighted by atomic mass is 79.9. The Morgan fingerprint density at radius 1 is 1.18 bits per heavy atom. The number of piperidine rings is 1. The predicted octanol–water partition coefficient (Wildman–Crippen LogP) is 3.05. The third-order valence-corrected chi connectivity index (χ3v) is 5.18. The van der Waals surface area contributed by atoms with Crippen molar-refractivity contribution in [3.63, 3.8) is 0 Å². The Kier molecular flexibility index (Phi) is 3.48. The highest BCUT2D eigenvalue weighted by Crippen LogP contribution is 2.41. The van der Waals surface area contributed by atoms with Gasteiger partial charge < -0.3 is 4.90 Å². The average Bonchev–Trinajstić information content (AvgIpc) is 3.09. The zero-order valence-electron chi connectivity index (χ0n) is 12.1. The quantitative estimate of drug-likeness (QED) is 0.826. The molecule has 0 radical (unpaired) electrons. The van der Waals surface area contributed by atoms with Gasteiger partial charge in [0.05, 0.1) is 16.7 Å². The van der Waals surface area contributed by atoms with E-state index in [1.807, 2.05) is 29.2 Å². The lowest BCUT2D eigenvalue weighted by atomic mass is 9.97. The highest BCUT2D eigenvalue weighted by molar-refractivity contribution is 9.10. The van der Waals surface area contributed by atoms with Gasteiger partial charge in [0.2, 0.25) is 0 Å². The van der Waals surface area contributed by atoms with Crippen molar-refractivity contribution in [2.75, 3.05) is 0 Å². The van der Waals surface area contributed by atoms with Gasteiger partial charge in [-0.2, -0.15) is 5.10 Å². The first kappa shape index (κ1) is 13.9. The first-order chi connectivity index (χ1) is 10.7. The molecule has 4 rings (SSSR count). The molecule has 2 aliphatic rings. The number of halogens is 1. The van der Waals surface area contributed by atoms with E-state index < -0.39 is 0 Å². The lowest BCUT2D eigenvalue weighted by Gasteiger charge is -2.38. The average molecular weight is 361 g/mol. The molecule has 0 aliphatic carbocycles. The number of hydrogen-bond donors (Lipinski definition) is 0. The second kappa shape index (κ2) is 5.50. The molecular weight excluding hydrogens is 344 g/mol. The van der Waals surface area contributed by atoms with Crippen LogP contribution in [0, 0.1) is 0 Å². The Labute approximate surface area is 137 Å². The molecule has 2 unspecified atom stereocenters. The lowest BCUT2D eigenvalue weighted by Crippen LogP contribution is -2.47. The zero-order chi connectivity index (χ0) is 15.1. The number of pyridine rings is 1. The molecule has 0 saturated carbocycles. The van der Waals surface area contributed by atoms with Crippen LogP contribution in [0.25, 0.3) is 0 Å². The first-order valence-corrected chi connectivity index (χ1v) is 8.45. The van der Waals surface area contributed by atoms with Crippen LogP contribution in [0.3, 0.4) is 0 Å². The van der Waals surface area contributed by atoms with Crippen LogP contribution in [0.2, 0.25) is 0 Å². The molecule has 5 nitrogen and oxygen atoms in total.